The Labute approximate surface area is 130 Å². The van der Waals surface area contributed by atoms with Gasteiger partial charge in [0, 0.05) is 25.6 Å². The van der Waals surface area contributed by atoms with Gasteiger partial charge in [0.2, 0.25) is 0 Å². The molecule has 0 bridgehead atoms. The predicted molar refractivity (Wildman–Crippen MR) is 81.4 cm³/mol. The van der Waals surface area contributed by atoms with Crippen molar-refractivity contribution >= 4 is 17.7 Å². The van der Waals surface area contributed by atoms with Gasteiger partial charge in [-0.3, -0.25) is 9.69 Å². The van der Waals surface area contributed by atoms with E-state index < -0.39 is 6.10 Å². The number of aliphatic hydroxyl groups excluding tert-OH is 1. The highest BCUT2D eigenvalue weighted by molar-refractivity contribution is 7.99. The molecule has 120 valence electrons. The summed E-state index contributed by atoms with van der Waals surface area (Å²) in [6.45, 7) is 1.34. The topological polar surface area (TPSA) is 59.0 Å². The van der Waals surface area contributed by atoms with Crippen molar-refractivity contribution in [1.29, 1.82) is 0 Å². The van der Waals surface area contributed by atoms with Crippen LogP contribution in [0.15, 0.2) is 0 Å². The van der Waals surface area contributed by atoms with E-state index in [0.717, 1.165) is 43.8 Å². The molecule has 0 aliphatic carbocycles. The molecule has 6 heteroatoms. The molecule has 21 heavy (non-hydrogen) atoms. The summed E-state index contributed by atoms with van der Waals surface area (Å²) in [5.41, 5.74) is 0.00236. The summed E-state index contributed by atoms with van der Waals surface area (Å²) in [4.78, 5) is 14.1. The molecule has 3 heterocycles. The fourth-order valence-electron chi connectivity index (χ4n) is 3.99. The molecular weight excluding hydrogens is 290 g/mol. The van der Waals surface area contributed by atoms with Gasteiger partial charge in [-0.2, -0.15) is 11.8 Å². The normalized spacial score (nSPS) is 36.8. The lowest BCUT2D eigenvalue weighted by Crippen LogP contribution is -2.53. The number of hydrogen-bond donors (Lipinski definition) is 1. The Hall–Kier alpha value is -0.300. The fourth-order valence-corrected chi connectivity index (χ4v) is 5.22. The summed E-state index contributed by atoms with van der Waals surface area (Å²) in [5.74, 6) is 2.11. The minimum Gasteiger partial charge on any atom is -0.468 e. The lowest BCUT2D eigenvalue weighted by atomic mass is 9.84. The maximum Gasteiger partial charge on any atom is 0.323 e. The van der Waals surface area contributed by atoms with E-state index in [9.17, 15) is 9.90 Å². The monoisotopic (exact) mass is 315 g/mol. The number of hydrogen-bond acceptors (Lipinski definition) is 6. The van der Waals surface area contributed by atoms with E-state index in [0.29, 0.717) is 19.0 Å². The third kappa shape index (κ3) is 3.23. The summed E-state index contributed by atoms with van der Waals surface area (Å²) < 4.78 is 11.0. The first-order valence-electron chi connectivity index (χ1n) is 7.87. The minimum absolute atomic E-state index is 0.00236. The number of β-amino-alcohol motifs (C(OH)–C–C–N with tert-alkyl or cyclic N) is 1. The van der Waals surface area contributed by atoms with Crippen LogP contribution in [0.25, 0.3) is 0 Å². The van der Waals surface area contributed by atoms with Crippen molar-refractivity contribution in [3.8, 4) is 0 Å². The molecule has 5 nitrogen and oxygen atoms in total. The van der Waals surface area contributed by atoms with Gasteiger partial charge in [0.15, 0.2) is 0 Å². The van der Waals surface area contributed by atoms with Gasteiger partial charge in [-0.25, -0.2) is 0 Å². The van der Waals surface area contributed by atoms with Crippen LogP contribution < -0.4 is 0 Å². The van der Waals surface area contributed by atoms with Crippen molar-refractivity contribution in [2.75, 3.05) is 31.8 Å². The van der Waals surface area contributed by atoms with Gasteiger partial charge in [0.1, 0.15) is 6.04 Å². The van der Waals surface area contributed by atoms with E-state index >= 15 is 0 Å². The number of rotatable bonds is 2. The Balaban J connectivity index is 1.71. The maximum atomic E-state index is 12.0. The zero-order chi connectivity index (χ0) is 14.9. The number of esters is 1. The van der Waals surface area contributed by atoms with Crippen molar-refractivity contribution in [2.45, 2.75) is 55.9 Å². The van der Waals surface area contributed by atoms with Crippen molar-refractivity contribution in [2.24, 2.45) is 0 Å². The molecule has 1 spiro atoms. The first-order valence-corrected chi connectivity index (χ1v) is 9.02. The molecule has 3 aliphatic rings. The van der Waals surface area contributed by atoms with Crippen LogP contribution in [0.5, 0.6) is 0 Å². The summed E-state index contributed by atoms with van der Waals surface area (Å²) in [5, 5.41) is 9.96. The van der Waals surface area contributed by atoms with E-state index in [-0.39, 0.29) is 17.6 Å². The highest BCUT2D eigenvalue weighted by Crippen LogP contribution is 2.40. The van der Waals surface area contributed by atoms with E-state index in [1.165, 1.54) is 7.11 Å². The molecule has 3 fully saturated rings. The van der Waals surface area contributed by atoms with Gasteiger partial charge < -0.3 is 14.6 Å². The number of methoxy groups -OCH3 is 1. The van der Waals surface area contributed by atoms with E-state index in [4.69, 9.17) is 9.47 Å². The first kappa shape index (κ1) is 15.6. The molecule has 0 amide bonds. The van der Waals surface area contributed by atoms with Gasteiger partial charge in [0.05, 0.1) is 18.8 Å². The second kappa shape index (κ2) is 6.44. The van der Waals surface area contributed by atoms with Crippen LogP contribution in [0.3, 0.4) is 0 Å². The highest BCUT2D eigenvalue weighted by atomic mass is 32.2. The molecule has 3 atom stereocenters. The van der Waals surface area contributed by atoms with Gasteiger partial charge in [-0.15, -0.1) is 0 Å². The molecule has 0 radical (unpaired) electrons. The molecule has 0 aromatic rings. The van der Waals surface area contributed by atoms with Crippen LogP contribution in [0.2, 0.25) is 0 Å². The van der Waals surface area contributed by atoms with Gasteiger partial charge in [-0.1, -0.05) is 0 Å². The Morgan fingerprint density at radius 1 is 1.43 bits per heavy atom. The van der Waals surface area contributed by atoms with Crippen LogP contribution in [0.4, 0.5) is 0 Å². The third-order valence-corrected chi connectivity index (χ3v) is 6.12. The number of carbonyl (C=O) groups is 1. The molecule has 0 aromatic heterocycles. The molecule has 3 saturated heterocycles. The van der Waals surface area contributed by atoms with Crippen LogP contribution in [-0.4, -0.2) is 71.5 Å². The Bertz CT molecular complexity index is 380. The summed E-state index contributed by atoms with van der Waals surface area (Å²) in [6, 6.07) is 0.0335. The number of thioether (sulfide) groups is 1. The van der Waals surface area contributed by atoms with Crippen LogP contribution >= 0.6 is 11.8 Å². The van der Waals surface area contributed by atoms with Crippen molar-refractivity contribution in [3.63, 3.8) is 0 Å². The zero-order valence-electron chi connectivity index (χ0n) is 12.6. The number of aliphatic hydroxyl groups is 1. The number of likely N-dealkylation sites (tertiary alicyclic amines) is 1. The smallest absolute Gasteiger partial charge is 0.323 e. The van der Waals surface area contributed by atoms with E-state index in [2.05, 4.69) is 4.90 Å². The third-order valence-electron chi connectivity index (χ3n) is 5.13. The minimum atomic E-state index is -0.421. The van der Waals surface area contributed by atoms with Crippen LogP contribution in [-0.2, 0) is 14.3 Å². The fraction of sp³-hybridized carbons (Fsp3) is 0.933. The number of nitrogens with zero attached hydrogens (tertiary/aromatic N) is 1. The van der Waals surface area contributed by atoms with Gasteiger partial charge in [0.25, 0.3) is 0 Å². The molecule has 0 saturated carbocycles. The largest absolute Gasteiger partial charge is 0.468 e. The SMILES string of the molecule is COC(=O)C1CC(O)CN1C1CCOC2(CCSCC2)C1. The van der Waals surface area contributed by atoms with Crippen molar-refractivity contribution in [1.82, 2.24) is 4.90 Å². The second-order valence-electron chi connectivity index (χ2n) is 6.42. The van der Waals surface area contributed by atoms with Crippen molar-refractivity contribution < 1.29 is 19.4 Å². The zero-order valence-corrected chi connectivity index (χ0v) is 13.4. The van der Waals surface area contributed by atoms with Crippen molar-refractivity contribution in [3.05, 3.63) is 0 Å². The Morgan fingerprint density at radius 3 is 2.90 bits per heavy atom. The molecule has 0 aromatic carbocycles. The average Bonchev–Trinajstić information content (AvgIpc) is 2.89. The lowest BCUT2D eigenvalue weighted by molar-refractivity contribution is -0.150. The number of ether oxygens (including phenoxy) is 2. The quantitative estimate of drug-likeness (QED) is 0.769. The second-order valence-corrected chi connectivity index (χ2v) is 7.64. The summed E-state index contributed by atoms with van der Waals surface area (Å²) in [6.07, 6.45) is 4.20. The summed E-state index contributed by atoms with van der Waals surface area (Å²) in [7, 11) is 1.43. The van der Waals surface area contributed by atoms with Crippen LogP contribution in [0, 0.1) is 0 Å². The average molecular weight is 315 g/mol. The van der Waals surface area contributed by atoms with Gasteiger partial charge >= 0.3 is 5.97 Å². The Kier molecular flexibility index (Phi) is 4.78. The summed E-state index contributed by atoms with van der Waals surface area (Å²) >= 11 is 2.00. The van der Waals surface area contributed by atoms with E-state index in [1.54, 1.807) is 0 Å². The predicted octanol–water partition coefficient (Wildman–Crippen LogP) is 1.04. The number of carbonyl (C=O) groups excluding carboxylic acids is 1. The van der Waals surface area contributed by atoms with Gasteiger partial charge in [-0.05, 0) is 37.2 Å². The molecule has 3 unspecified atom stereocenters. The molecule has 3 aliphatic heterocycles. The molecule has 1 N–H and O–H groups in total. The molecular formula is C15H25NO4S. The first-order chi connectivity index (χ1) is 10.1. The standard InChI is InChI=1S/C15H25NO4S/c1-19-14(18)13-8-12(17)10-16(13)11-2-5-20-15(9-11)3-6-21-7-4-15/h11-13,17H,2-10H2,1H3. The lowest BCUT2D eigenvalue weighted by Gasteiger charge is -2.46. The van der Waals surface area contributed by atoms with Crippen LogP contribution in [0.1, 0.15) is 32.1 Å². The highest BCUT2D eigenvalue weighted by Gasteiger charge is 2.46. The maximum absolute atomic E-state index is 12.0. The molecule has 3 rings (SSSR count). The van der Waals surface area contributed by atoms with E-state index in [1.807, 2.05) is 11.8 Å². The Morgan fingerprint density at radius 2 is 2.19 bits per heavy atom.